The maximum absolute atomic E-state index is 12.3. The van der Waals surface area contributed by atoms with Gasteiger partial charge >= 0.3 is 0 Å². The van der Waals surface area contributed by atoms with Gasteiger partial charge in [0.25, 0.3) is 5.91 Å². The lowest BCUT2D eigenvalue weighted by atomic mass is 10.2. The number of carbonyl (C=O) groups excluding carboxylic acids is 1. The zero-order valence-corrected chi connectivity index (χ0v) is 15.8. The van der Waals surface area contributed by atoms with Crippen molar-refractivity contribution < 1.29 is 22.7 Å². The van der Waals surface area contributed by atoms with Crippen LogP contribution in [0.25, 0.3) is 0 Å². The van der Waals surface area contributed by atoms with E-state index in [4.69, 9.17) is 9.47 Å². The zero-order valence-electron chi connectivity index (χ0n) is 15.0. The summed E-state index contributed by atoms with van der Waals surface area (Å²) in [4.78, 5) is 13.8. The normalized spacial score (nSPS) is 17.7. The number of methoxy groups -OCH3 is 1. The van der Waals surface area contributed by atoms with E-state index in [2.05, 4.69) is 4.72 Å². The lowest BCUT2D eigenvalue weighted by Gasteiger charge is -2.33. The highest BCUT2D eigenvalue weighted by molar-refractivity contribution is 7.88. The van der Waals surface area contributed by atoms with Gasteiger partial charge in [-0.1, -0.05) is 36.4 Å². The quantitative estimate of drug-likeness (QED) is 0.775. The molecule has 7 nitrogen and oxygen atoms in total. The first kappa shape index (κ1) is 19.3. The summed E-state index contributed by atoms with van der Waals surface area (Å²) in [6, 6.07) is 16.1. The molecule has 144 valence electrons. The number of nitrogens with one attached hydrogen (secondary N) is 1. The average Bonchev–Trinajstić information content (AvgIpc) is 2.68. The van der Waals surface area contributed by atoms with Gasteiger partial charge in [-0.2, -0.15) is 0 Å². The number of nitrogens with zero attached hydrogens (tertiary/aromatic N) is 1. The van der Waals surface area contributed by atoms with E-state index in [1.807, 2.05) is 12.1 Å². The van der Waals surface area contributed by atoms with Gasteiger partial charge in [0.1, 0.15) is 12.4 Å². The Bertz CT molecular complexity index is 886. The van der Waals surface area contributed by atoms with E-state index in [0.29, 0.717) is 17.0 Å². The summed E-state index contributed by atoms with van der Waals surface area (Å²) < 4.78 is 37.8. The highest BCUT2D eigenvalue weighted by atomic mass is 32.2. The Kier molecular flexibility index (Phi) is 6.10. The monoisotopic (exact) mass is 390 g/mol. The second-order valence-electron chi connectivity index (χ2n) is 6.23. The standard InChI is InChI=1S/C19H22N2O5S/c1-25-17-9-5-8-16(10-17)21-12-18(26-13-19(21)22)11-20-27(23,24)14-15-6-3-2-4-7-15/h2-10,18,20H,11-14H2,1H3. The lowest BCUT2D eigenvalue weighted by molar-refractivity contribution is -0.129. The van der Waals surface area contributed by atoms with Gasteiger partial charge in [0.2, 0.25) is 10.0 Å². The van der Waals surface area contributed by atoms with Gasteiger partial charge in [-0.3, -0.25) is 4.79 Å². The summed E-state index contributed by atoms with van der Waals surface area (Å²) in [5.41, 5.74) is 1.41. The Morgan fingerprint density at radius 3 is 2.70 bits per heavy atom. The van der Waals surface area contributed by atoms with Crippen molar-refractivity contribution >= 4 is 21.6 Å². The molecule has 0 radical (unpaired) electrons. The van der Waals surface area contributed by atoms with Crippen LogP contribution in [0.1, 0.15) is 5.56 Å². The van der Waals surface area contributed by atoms with E-state index in [-0.39, 0.29) is 31.4 Å². The number of amides is 1. The fourth-order valence-corrected chi connectivity index (χ4v) is 4.01. The van der Waals surface area contributed by atoms with Crippen molar-refractivity contribution in [3.05, 3.63) is 60.2 Å². The molecule has 1 unspecified atom stereocenters. The van der Waals surface area contributed by atoms with Crippen molar-refractivity contribution in [2.45, 2.75) is 11.9 Å². The minimum absolute atomic E-state index is 0.0950. The molecule has 1 aliphatic rings. The second-order valence-corrected chi connectivity index (χ2v) is 8.04. The van der Waals surface area contributed by atoms with Crippen molar-refractivity contribution in [3.8, 4) is 5.75 Å². The molecular formula is C19H22N2O5S. The number of morpholine rings is 1. The van der Waals surface area contributed by atoms with Gasteiger partial charge in [0.05, 0.1) is 25.5 Å². The van der Waals surface area contributed by atoms with Gasteiger partial charge in [-0.15, -0.1) is 0 Å². The molecule has 8 heteroatoms. The SMILES string of the molecule is COc1cccc(N2CC(CNS(=O)(=O)Cc3ccccc3)OCC2=O)c1. The summed E-state index contributed by atoms with van der Waals surface area (Å²) in [5, 5.41) is 0. The van der Waals surface area contributed by atoms with Crippen LogP contribution in [0.3, 0.4) is 0 Å². The van der Waals surface area contributed by atoms with Gasteiger partial charge in [0.15, 0.2) is 0 Å². The number of benzene rings is 2. The number of anilines is 1. The van der Waals surface area contributed by atoms with E-state index in [1.54, 1.807) is 54.5 Å². The molecule has 0 spiro atoms. The molecule has 1 heterocycles. The third-order valence-corrected chi connectivity index (χ3v) is 5.55. The number of rotatable bonds is 7. The van der Waals surface area contributed by atoms with Gasteiger partial charge in [0, 0.05) is 18.3 Å². The molecule has 0 aliphatic carbocycles. The number of hydrogen-bond acceptors (Lipinski definition) is 5. The van der Waals surface area contributed by atoms with E-state index >= 15 is 0 Å². The molecule has 0 bridgehead atoms. The van der Waals surface area contributed by atoms with Crippen molar-refractivity contribution in [1.29, 1.82) is 0 Å². The van der Waals surface area contributed by atoms with Crippen LogP contribution in [0.2, 0.25) is 0 Å². The molecule has 1 amide bonds. The predicted molar refractivity (Wildman–Crippen MR) is 102 cm³/mol. The summed E-state index contributed by atoms with van der Waals surface area (Å²) in [6.07, 6.45) is -0.431. The largest absolute Gasteiger partial charge is 0.497 e. The van der Waals surface area contributed by atoms with Crippen LogP contribution in [-0.2, 0) is 25.3 Å². The summed E-state index contributed by atoms with van der Waals surface area (Å²) in [5.74, 6) is 0.373. The van der Waals surface area contributed by atoms with Crippen LogP contribution >= 0.6 is 0 Å². The number of ether oxygens (including phenoxy) is 2. The number of carbonyl (C=O) groups is 1. The van der Waals surface area contributed by atoms with Gasteiger partial charge in [-0.25, -0.2) is 13.1 Å². The molecule has 2 aromatic carbocycles. The topological polar surface area (TPSA) is 84.9 Å². The number of hydrogen-bond donors (Lipinski definition) is 1. The molecule has 2 aromatic rings. The predicted octanol–water partition coefficient (Wildman–Crippen LogP) is 1.55. The first-order chi connectivity index (χ1) is 13.0. The zero-order chi connectivity index (χ0) is 19.3. The average molecular weight is 390 g/mol. The van der Waals surface area contributed by atoms with Crippen molar-refractivity contribution in [2.75, 3.05) is 31.7 Å². The van der Waals surface area contributed by atoms with Crippen molar-refractivity contribution in [2.24, 2.45) is 0 Å². The van der Waals surface area contributed by atoms with Crippen LogP contribution in [-0.4, -0.2) is 47.2 Å². The third-order valence-electron chi connectivity index (χ3n) is 4.23. The Balaban J connectivity index is 1.61. The van der Waals surface area contributed by atoms with E-state index in [1.165, 1.54) is 0 Å². The minimum Gasteiger partial charge on any atom is -0.497 e. The van der Waals surface area contributed by atoms with Crippen molar-refractivity contribution in [1.82, 2.24) is 4.72 Å². The fourth-order valence-electron chi connectivity index (χ4n) is 2.84. The maximum Gasteiger partial charge on any atom is 0.253 e. The smallest absolute Gasteiger partial charge is 0.253 e. The molecule has 0 saturated carbocycles. The number of sulfonamides is 1. The lowest BCUT2D eigenvalue weighted by Crippen LogP contribution is -2.50. The molecule has 1 aliphatic heterocycles. The Morgan fingerprint density at radius 2 is 1.96 bits per heavy atom. The van der Waals surface area contributed by atoms with Crippen LogP contribution in [0.5, 0.6) is 5.75 Å². The van der Waals surface area contributed by atoms with Gasteiger partial charge < -0.3 is 14.4 Å². The Labute approximate surface area is 158 Å². The molecule has 1 saturated heterocycles. The van der Waals surface area contributed by atoms with Gasteiger partial charge in [-0.05, 0) is 17.7 Å². The fraction of sp³-hybridized carbons (Fsp3) is 0.316. The molecular weight excluding hydrogens is 368 g/mol. The molecule has 1 fully saturated rings. The van der Waals surface area contributed by atoms with Crippen LogP contribution in [0, 0.1) is 0 Å². The minimum atomic E-state index is -3.49. The molecule has 3 rings (SSSR count). The highest BCUT2D eigenvalue weighted by Crippen LogP contribution is 2.23. The summed E-state index contributed by atoms with van der Waals surface area (Å²) in [7, 11) is -1.93. The third kappa shape index (κ3) is 5.29. The Hall–Kier alpha value is -2.42. The first-order valence-electron chi connectivity index (χ1n) is 8.54. The van der Waals surface area contributed by atoms with Crippen LogP contribution in [0.4, 0.5) is 5.69 Å². The van der Waals surface area contributed by atoms with Crippen LogP contribution < -0.4 is 14.4 Å². The van der Waals surface area contributed by atoms with Crippen LogP contribution in [0.15, 0.2) is 54.6 Å². The maximum atomic E-state index is 12.3. The molecule has 27 heavy (non-hydrogen) atoms. The Morgan fingerprint density at radius 1 is 1.19 bits per heavy atom. The highest BCUT2D eigenvalue weighted by Gasteiger charge is 2.28. The molecule has 1 atom stereocenters. The summed E-state index contributed by atoms with van der Waals surface area (Å²) in [6.45, 7) is 0.269. The van der Waals surface area contributed by atoms with E-state index in [9.17, 15) is 13.2 Å². The summed E-state index contributed by atoms with van der Waals surface area (Å²) >= 11 is 0. The molecule has 1 N–H and O–H groups in total. The van der Waals surface area contributed by atoms with Crippen molar-refractivity contribution in [3.63, 3.8) is 0 Å². The van der Waals surface area contributed by atoms with E-state index in [0.717, 1.165) is 0 Å². The van der Waals surface area contributed by atoms with E-state index < -0.39 is 16.1 Å². The molecule has 0 aromatic heterocycles. The first-order valence-corrected chi connectivity index (χ1v) is 10.2. The second kappa shape index (κ2) is 8.51.